The Labute approximate surface area is 205 Å². The zero-order valence-electron chi connectivity index (χ0n) is 19.7. The molecule has 0 bridgehead atoms. The fraction of sp³-hybridized carbons (Fsp3) is 0.296. The van der Waals surface area contributed by atoms with Gasteiger partial charge in [0.05, 0.1) is 22.1 Å². The maximum Gasteiger partial charge on any atom is 0.143 e. The van der Waals surface area contributed by atoms with E-state index in [1.54, 1.807) is 0 Å². The Morgan fingerprint density at radius 3 is 2.58 bits per heavy atom. The Morgan fingerprint density at radius 2 is 1.82 bits per heavy atom. The summed E-state index contributed by atoms with van der Waals surface area (Å²) in [7, 11) is 0. The number of fused-ring (bicyclic) bond motifs is 1. The first-order valence-electron chi connectivity index (χ1n) is 11.2. The normalized spacial score (nSPS) is 12.7. The second-order valence-electron chi connectivity index (χ2n) is 9.21. The molecule has 0 spiro atoms. The van der Waals surface area contributed by atoms with Crippen LogP contribution in [0.3, 0.4) is 0 Å². The van der Waals surface area contributed by atoms with Crippen LogP contribution in [0.15, 0.2) is 70.7 Å². The summed E-state index contributed by atoms with van der Waals surface area (Å²) in [6.45, 7) is 10.9. The maximum atomic E-state index is 6.52. The van der Waals surface area contributed by atoms with Gasteiger partial charge in [-0.1, -0.05) is 75.3 Å². The van der Waals surface area contributed by atoms with Gasteiger partial charge in [-0.15, -0.1) is 0 Å². The molecule has 3 aromatic heterocycles. The SMILES string of the molecule is CCC(Nc1cccc(Sc2cc3cccc(C)c3nc2Cl)n1)c1cc(C(C)(C)C)ccn1. The molecule has 4 rings (SSSR count). The lowest BCUT2D eigenvalue weighted by Gasteiger charge is -2.22. The van der Waals surface area contributed by atoms with Gasteiger partial charge in [-0.25, -0.2) is 9.97 Å². The molecule has 0 amide bonds. The van der Waals surface area contributed by atoms with Crippen LogP contribution in [0.4, 0.5) is 5.82 Å². The summed E-state index contributed by atoms with van der Waals surface area (Å²) in [5, 5.41) is 6.00. The van der Waals surface area contributed by atoms with Crippen LogP contribution in [0, 0.1) is 6.92 Å². The van der Waals surface area contributed by atoms with E-state index in [2.05, 4.69) is 67.2 Å². The van der Waals surface area contributed by atoms with Gasteiger partial charge in [0.1, 0.15) is 16.0 Å². The number of hydrogen-bond donors (Lipinski definition) is 1. The number of aromatic nitrogens is 3. The minimum Gasteiger partial charge on any atom is -0.362 e. The zero-order chi connectivity index (χ0) is 23.6. The van der Waals surface area contributed by atoms with E-state index in [0.29, 0.717) is 5.15 Å². The Morgan fingerprint density at radius 1 is 1.03 bits per heavy atom. The summed E-state index contributed by atoms with van der Waals surface area (Å²) in [6.07, 6.45) is 2.80. The summed E-state index contributed by atoms with van der Waals surface area (Å²) in [5.41, 5.74) is 4.44. The Hall–Kier alpha value is -2.63. The van der Waals surface area contributed by atoms with Crippen LogP contribution < -0.4 is 5.32 Å². The molecule has 4 nitrogen and oxygen atoms in total. The van der Waals surface area contributed by atoms with Crippen molar-refractivity contribution in [3.63, 3.8) is 0 Å². The van der Waals surface area contributed by atoms with Crippen molar-refractivity contribution >= 4 is 40.1 Å². The maximum absolute atomic E-state index is 6.52. The van der Waals surface area contributed by atoms with Gasteiger partial charge in [0.2, 0.25) is 0 Å². The highest BCUT2D eigenvalue weighted by Crippen LogP contribution is 2.35. The summed E-state index contributed by atoms with van der Waals surface area (Å²) in [5.74, 6) is 0.815. The molecule has 0 radical (unpaired) electrons. The van der Waals surface area contributed by atoms with Crippen molar-refractivity contribution in [1.29, 1.82) is 0 Å². The fourth-order valence-corrected chi connectivity index (χ4v) is 4.80. The average molecular weight is 477 g/mol. The van der Waals surface area contributed by atoms with E-state index in [1.165, 1.54) is 17.3 Å². The van der Waals surface area contributed by atoms with Gasteiger partial charge in [0, 0.05) is 11.6 Å². The first kappa shape index (κ1) is 23.5. The predicted molar refractivity (Wildman–Crippen MR) is 139 cm³/mol. The van der Waals surface area contributed by atoms with E-state index in [-0.39, 0.29) is 11.5 Å². The topological polar surface area (TPSA) is 50.7 Å². The van der Waals surface area contributed by atoms with Crippen LogP contribution >= 0.6 is 23.4 Å². The molecule has 0 aliphatic heterocycles. The molecule has 0 fully saturated rings. The van der Waals surface area contributed by atoms with Crippen LogP contribution in [-0.4, -0.2) is 15.0 Å². The molecule has 1 N–H and O–H groups in total. The van der Waals surface area contributed by atoms with Gasteiger partial charge in [0.25, 0.3) is 0 Å². The van der Waals surface area contributed by atoms with Crippen molar-refractivity contribution in [3.8, 4) is 0 Å². The number of pyridine rings is 3. The van der Waals surface area contributed by atoms with E-state index >= 15 is 0 Å². The highest BCUT2D eigenvalue weighted by atomic mass is 35.5. The first-order chi connectivity index (χ1) is 15.7. The monoisotopic (exact) mass is 476 g/mol. The number of nitrogens with one attached hydrogen (secondary N) is 1. The lowest BCUT2D eigenvalue weighted by atomic mass is 9.87. The quantitative estimate of drug-likeness (QED) is 0.285. The molecule has 6 heteroatoms. The molecule has 33 heavy (non-hydrogen) atoms. The number of rotatable bonds is 6. The van der Waals surface area contributed by atoms with Crippen molar-refractivity contribution in [1.82, 2.24) is 15.0 Å². The van der Waals surface area contributed by atoms with Crippen molar-refractivity contribution in [2.45, 2.75) is 62.4 Å². The molecule has 170 valence electrons. The summed E-state index contributed by atoms with van der Waals surface area (Å²) in [6, 6.07) is 18.6. The number of halogens is 1. The van der Waals surface area contributed by atoms with Crippen molar-refractivity contribution in [2.24, 2.45) is 0 Å². The van der Waals surface area contributed by atoms with Crippen molar-refractivity contribution in [3.05, 3.63) is 82.8 Å². The number of hydrogen-bond acceptors (Lipinski definition) is 5. The van der Waals surface area contributed by atoms with E-state index in [4.69, 9.17) is 16.6 Å². The van der Waals surface area contributed by atoms with Gasteiger partial charge in [0.15, 0.2) is 0 Å². The lowest BCUT2D eigenvalue weighted by Crippen LogP contribution is -2.16. The minimum atomic E-state index is 0.0777. The molecule has 0 saturated heterocycles. The van der Waals surface area contributed by atoms with Gasteiger partial charge < -0.3 is 5.32 Å². The smallest absolute Gasteiger partial charge is 0.143 e. The van der Waals surface area contributed by atoms with E-state index in [9.17, 15) is 0 Å². The van der Waals surface area contributed by atoms with Crippen LogP contribution in [-0.2, 0) is 5.41 Å². The Bertz CT molecular complexity index is 1280. The zero-order valence-corrected chi connectivity index (χ0v) is 21.3. The molecule has 1 unspecified atom stereocenters. The van der Waals surface area contributed by atoms with Crippen LogP contribution in [0.25, 0.3) is 10.9 Å². The fourth-order valence-electron chi connectivity index (χ4n) is 3.71. The molecule has 1 aromatic carbocycles. The third kappa shape index (κ3) is 5.48. The van der Waals surface area contributed by atoms with E-state index < -0.39 is 0 Å². The van der Waals surface area contributed by atoms with Gasteiger partial charge in [-0.3, -0.25) is 4.98 Å². The van der Waals surface area contributed by atoms with Gasteiger partial charge in [-0.2, -0.15) is 0 Å². The minimum absolute atomic E-state index is 0.0777. The van der Waals surface area contributed by atoms with Crippen LogP contribution in [0.2, 0.25) is 5.15 Å². The molecular weight excluding hydrogens is 448 g/mol. The molecule has 3 heterocycles. The largest absolute Gasteiger partial charge is 0.362 e. The third-order valence-electron chi connectivity index (χ3n) is 5.64. The number of anilines is 1. The van der Waals surface area contributed by atoms with Gasteiger partial charge >= 0.3 is 0 Å². The summed E-state index contributed by atoms with van der Waals surface area (Å²) < 4.78 is 0. The first-order valence-corrected chi connectivity index (χ1v) is 12.4. The number of nitrogens with zero attached hydrogens (tertiary/aromatic N) is 3. The van der Waals surface area contributed by atoms with Crippen LogP contribution in [0.1, 0.15) is 57.0 Å². The summed E-state index contributed by atoms with van der Waals surface area (Å²) in [4.78, 5) is 15.0. The molecule has 0 aliphatic rings. The lowest BCUT2D eigenvalue weighted by molar-refractivity contribution is 0.585. The molecule has 0 saturated carbocycles. The third-order valence-corrected chi connectivity index (χ3v) is 7.01. The van der Waals surface area contributed by atoms with Gasteiger partial charge in [-0.05, 0) is 60.2 Å². The Kier molecular flexibility index (Phi) is 6.91. The summed E-state index contributed by atoms with van der Waals surface area (Å²) >= 11 is 8.04. The molecule has 0 aliphatic carbocycles. The number of para-hydroxylation sites is 1. The van der Waals surface area contributed by atoms with Crippen LogP contribution in [0.5, 0.6) is 0 Å². The second kappa shape index (κ2) is 9.70. The standard InChI is InChI=1S/C27H29ClN4S/c1-6-20(21-16-19(13-14-29-21)27(3,4)5)30-23-11-8-12-24(31-23)33-22-15-18-10-7-9-17(2)25(18)32-26(22)28/h7-16,20H,6H2,1-5H3,(H,30,31). The van der Waals surface area contributed by atoms with E-state index in [0.717, 1.165) is 44.3 Å². The number of benzene rings is 1. The predicted octanol–water partition coefficient (Wildman–Crippen LogP) is 8.00. The van der Waals surface area contributed by atoms with Crippen molar-refractivity contribution in [2.75, 3.05) is 5.32 Å². The average Bonchev–Trinajstić information content (AvgIpc) is 2.78. The van der Waals surface area contributed by atoms with E-state index in [1.807, 2.05) is 43.5 Å². The molecule has 1 atom stereocenters. The molecule has 4 aromatic rings. The van der Waals surface area contributed by atoms with Crippen molar-refractivity contribution < 1.29 is 0 Å². The highest BCUT2D eigenvalue weighted by Gasteiger charge is 2.18. The highest BCUT2D eigenvalue weighted by molar-refractivity contribution is 7.99. The number of aryl methyl sites for hydroxylation is 1. The second-order valence-corrected chi connectivity index (χ2v) is 10.6. The Balaban J connectivity index is 1.57. The molecular formula is C27H29ClN4S.